The lowest BCUT2D eigenvalue weighted by Crippen LogP contribution is -1.67. The molecule has 0 aromatic rings. The highest BCUT2D eigenvalue weighted by Crippen LogP contribution is 2.00. The third-order valence-corrected chi connectivity index (χ3v) is 0.771. The normalized spacial score (nSPS) is 7.40. The first-order valence-electron chi connectivity index (χ1n) is 1.09. The molecule has 0 rings (SSSR count). The highest BCUT2D eigenvalue weighted by Gasteiger charge is 1.69. The summed E-state index contributed by atoms with van der Waals surface area (Å²) in [6.07, 6.45) is 0.762. The van der Waals surface area contributed by atoms with E-state index >= 15 is 0 Å². The van der Waals surface area contributed by atoms with E-state index in [2.05, 4.69) is 0 Å². The Labute approximate surface area is 39.2 Å². The van der Waals surface area contributed by atoms with E-state index in [0.717, 1.165) is 17.3 Å². The topological polar surface area (TPSA) is 17.1 Å². The van der Waals surface area contributed by atoms with E-state index < -0.39 is 0 Å². The average Bonchev–Trinajstić information content (AvgIpc) is 1.41. The molecule has 1 nitrogen and oxygen atoms in total. The van der Waals surface area contributed by atoms with E-state index in [9.17, 15) is 4.79 Å². The number of hydrogen-bond donors (Lipinski definition) is 0. The van der Waals surface area contributed by atoms with Crippen LogP contribution in [-0.4, -0.2) is 12.0 Å². The Morgan fingerprint density at radius 3 is 2.60 bits per heavy atom. The molecule has 0 aliphatic rings. The van der Waals surface area contributed by atoms with Crippen LogP contribution < -0.4 is 0 Å². The highest BCUT2D eigenvalue weighted by molar-refractivity contribution is 8.21. The molecule has 3 heteroatoms. The van der Waals surface area contributed by atoms with Crippen molar-refractivity contribution in [2.45, 2.75) is 0 Å². The zero-order chi connectivity index (χ0) is 4.12. The third-order valence-electron chi connectivity index (χ3n) is 0.131. The summed E-state index contributed by atoms with van der Waals surface area (Å²) in [4.78, 5) is 9.30. The zero-order valence-corrected chi connectivity index (χ0v) is 4.05. The fraction of sp³-hybridized carbons (Fsp3) is 0.500. The van der Waals surface area contributed by atoms with Crippen LogP contribution in [0, 0.1) is 0 Å². The zero-order valence-electron chi connectivity index (χ0n) is 2.48. The van der Waals surface area contributed by atoms with Crippen molar-refractivity contribution in [2.24, 2.45) is 0 Å². The SMILES string of the molecule is O=CCSCl. The smallest absolute Gasteiger partial charge is 0.131 e. The van der Waals surface area contributed by atoms with Crippen molar-refractivity contribution >= 4 is 27.9 Å². The molecule has 0 spiro atoms. The summed E-state index contributed by atoms with van der Waals surface area (Å²) in [6.45, 7) is 0. The maximum atomic E-state index is 9.30. The van der Waals surface area contributed by atoms with Crippen LogP contribution in [0.4, 0.5) is 0 Å². The molecule has 0 bridgehead atoms. The number of hydrogen-bond acceptors (Lipinski definition) is 2. The van der Waals surface area contributed by atoms with Gasteiger partial charge in [-0.15, -0.1) is 0 Å². The van der Waals surface area contributed by atoms with Crippen LogP contribution in [0.25, 0.3) is 0 Å². The lowest BCUT2D eigenvalue weighted by Gasteiger charge is -1.65. The molecule has 0 amide bonds. The van der Waals surface area contributed by atoms with Crippen molar-refractivity contribution in [3.8, 4) is 0 Å². The van der Waals surface area contributed by atoms with Gasteiger partial charge in [-0.2, -0.15) is 0 Å². The summed E-state index contributed by atoms with van der Waals surface area (Å²) >= 11 is 0. The molecule has 0 aliphatic carbocycles. The van der Waals surface area contributed by atoms with Gasteiger partial charge in [0, 0.05) is 0 Å². The standard InChI is InChI=1S/C2H3ClOS/c3-5-2-1-4/h1H,2H2. The Balaban J connectivity index is 2.40. The predicted molar refractivity (Wildman–Crippen MR) is 24.4 cm³/mol. The van der Waals surface area contributed by atoms with E-state index in [-0.39, 0.29) is 0 Å². The van der Waals surface area contributed by atoms with Crippen molar-refractivity contribution in [3.05, 3.63) is 0 Å². The second-order valence-corrected chi connectivity index (χ2v) is 1.65. The van der Waals surface area contributed by atoms with Gasteiger partial charge in [-0.1, -0.05) is 0 Å². The summed E-state index contributed by atoms with van der Waals surface area (Å²) in [6, 6.07) is 0. The molecule has 0 aromatic heterocycles. The first-order valence-corrected chi connectivity index (χ1v) is 2.90. The second kappa shape index (κ2) is 4.31. The van der Waals surface area contributed by atoms with Crippen molar-refractivity contribution in [1.82, 2.24) is 0 Å². The van der Waals surface area contributed by atoms with Crippen molar-refractivity contribution < 1.29 is 4.79 Å². The third kappa shape index (κ3) is 4.31. The molecule has 0 saturated heterocycles. The maximum Gasteiger partial charge on any atom is 0.131 e. The minimum atomic E-state index is 0.390. The molecule has 0 saturated carbocycles. The summed E-state index contributed by atoms with van der Waals surface area (Å²) in [5.74, 6) is 0.390. The Bertz CT molecular complexity index is 30.8. The minimum absolute atomic E-state index is 0.390. The van der Waals surface area contributed by atoms with Crippen LogP contribution in [0.3, 0.4) is 0 Å². The molecule has 0 fully saturated rings. The lowest BCUT2D eigenvalue weighted by molar-refractivity contribution is -0.105. The molecule has 5 heavy (non-hydrogen) atoms. The Morgan fingerprint density at radius 1 is 2.00 bits per heavy atom. The van der Waals surface area contributed by atoms with Crippen molar-refractivity contribution in [3.63, 3.8) is 0 Å². The van der Waals surface area contributed by atoms with Gasteiger partial charge in [-0.3, -0.25) is 0 Å². The summed E-state index contributed by atoms with van der Waals surface area (Å²) in [5, 5.41) is 0. The number of carbonyl (C=O) groups is 1. The van der Waals surface area contributed by atoms with E-state index in [4.69, 9.17) is 10.7 Å². The van der Waals surface area contributed by atoms with Gasteiger partial charge < -0.3 is 4.79 Å². The van der Waals surface area contributed by atoms with Crippen LogP contribution in [0.1, 0.15) is 0 Å². The van der Waals surface area contributed by atoms with Gasteiger partial charge in [-0.05, 0) is 21.7 Å². The minimum Gasteiger partial charge on any atom is -0.302 e. The van der Waals surface area contributed by atoms with Gasteiger partial charge in [0.25, 0.3) is 0 Å². The van der Waals surface area contributed by atoms with Crippen LogP contribution in [0.5, 0.6) is 0 Å². The molecule has 0 aliphatic heterocycles. The fourth-order valence-corrected chi connectivity index (χ4v) is 0.231. The summed E-state index contributed by atoms with van der Waals surface area (Å²) in [7, 11) is 5.99. The van der Waals surface area contributed by atoms with Gasteiger partial charge in [0.1, 0.15) is 6.29 Å². The molecule has 0 unspecified atom stereocenters. The van der Waals surface area contributed by atoms with Gasteiger partial charge >= 0.3 is 0 Å². The van der Waals surface area contributed by atoms with Crippen molar-refractivity contribution in [2.75, 3.05) is 5.75 Å². The molecular formula is C2H3ClOS. The molecular weight excluding hydrogens is 108 g/mol. The number of aldehydes is 1. The summed E-state index contributed by atoms with van der Waals surface area (Å²) < 4.78 is 0. The monoisotopic (exact) mass is 110 g/mol. The molecule has 0 atom stereocenters. The quantitative estimate of drug-likeness (QED) is 0.495. The molecule has 30 valence electrons. The Morgan fingerprint density at radius 2 is 2.60 bits per heavy atom. The number of halogens is 1. The molecule has 0 N–H and O–H groups in total. The van der Waals surface area contributed by atoms with Crippen LogP contribution in [0.15, 0.2) is 0 Å². The Kier molecular flexibility index (Phi) is 4.58. The first kappa shape index (κ1) is 5.31. The van der Waals surface area contributed by atoms with Crippen LogP contribution >= 0.6 is 21.7 Å². The first-order chi connectivity index (χ1) is 2.41. The van der Waals surface area contributed by atoms with E-state index in [0.29, 0.717) is 5.75 Å². The fourth-order valence-electron chi connectivity index (χ4n) is 0.0257. The summed E-state index contributed by atoms with van der Waals surface area (Å²) in [5.41, 5.74) is 0. The van der Waals surface area contributed by atoms with Gasteiger partial charge in [0.15, 0.2) is 0 Å². The molecule has 0 radical (unpaired) electrons. The van der Waals surface area contributed by atoms with Gasteiger partial charge in [-0.25, -0.2) is 0 Å². The Hall–Kier alpha value is 0.310. The lowest BCUT2D eigenvalue weighted by atomic mass is 10.9. The highest BCUT2D eigenvalue weighted by atomic mass is 35.7. The van der Waals surface area contributed by atoms with E-state index in [1.807, 2.05) is 0 Å². The average molecular weight is 111 g/mol. The largest absolute Gasteiger partial charge is 0.302 e. The van der Waals surface area contributed by atoms with Gasteiger partial charge in [0.2, 0.25) is 0 Å². The van der Waals surface area contributed by atoms with Crippen LogP contribution in [-0.2, 0) is 4.79 Å². The molecule has 0 aromatic carbocycles. The second-order valence-electron chi connectivity index (χ2n) is 0.442. The number of carbonyl (C=O) groups excluding carboxylic acids is 1. The van der Waals surface area contributed by atoms with E-state index in [1.165, 1.54) is 0 Å². The maximum absolute atomic E-state index is 9.30. The van der Waals surface area contributed by atoms with Crippen molar-refractivity contribution in [1.29, 1.82) is 0 Å². The van der Waals surface area contributed by atoms with Crippen LogP contribution in [0.2, 0.25) is 0 Å². The molecule has 0 heterocycles. The van der Waals surface area contributed by atoms with E-state index in [1.54, 1.807) is 0 Å². The van der Waals surface area contributed by atoms with Gasteiger partial charge in [0.05, 0.1) is 5.75 Å². The predicted octanol–water partition coefficient (Wildman–Crippen LogP) is 1.07. The number of rotatable bonds is 2.